The summed E-state index contributed by atoms with van der Waals surface area (Å²) in [7, 11) is 0. The lowest BCUT2D eigenvalue weighted by Gasteiger charge is -2.35. The molecule has 2 rings (SSSR count). The second kappa shape index (κ2) is 7.40. The molecule has 0 spiro atoms. The Kier molecular flexibility index (Phi) is 5.75. The lowest BCUT2D eigenvalue weighted by atomic mass is 9.75. The van der Waals surface area contributed by atoms with Crippen molar-refractivity contribution in [2.75, 3.05) is 18.1 Å². The van der Waals surface area contributed by atoms with Crippen LogP contribution >= 0.6 is 11.8 Å². The molecule has 7 heteroatoms. The summed E-state index contributed by atoms with van der Waals surface area (Å²) in [6.07, 6.45) is 0.807. The Hall–Kier alpha value is -1.47. The third-order valence-corrected chi connectivity index (χ3v) is 5.06. The number of amides is 1. The number of aliphatic hydroxyl groups is 1. The zero-order valence-corrected chi connectivity index (χ0v) is 14.2. The van der Waals surface area contributed by atoms with Crippen molar-refractivity contribution in [3.8, 4) is 5.75 Å². The van der Waals surface area contributed by atoms with Gasteiger partial charge in [-0.15, -0.1) is 0 Å². The highest BCUT2D eigenvalue weighted by molar-refractivity contribution is 7.99. The van der Waals surface area contributed by atoms with Crippen LogP contribution < -0.4 is 10.7 Å². The molecular formula is C16H23NO5S. The topological polar surface area (TPSA) is 99.8 Å². The van der Waals surface area contributed by atoms with E-state index in [1.165, 1.54) is 6.07 Å². The van der Waals surface area contributed by atoms with E-state index >= 15 is 0 Å². The van der Waals surface area contributed by atoms with Gasteiger partial charge in [0.05, 0.1) is 6.10 Å². The number of nitrogens with one attached hydrogen (secondary N) is 1. The maximum atomic E-state index is 12.2. The van der Waals surface area contributed by atoms with Crippen LogP contribution in [0.1, 0.15) is 37.7 Å². The Morgan fingerprint density at radius 3 is 2.74 bits per heavy atom. The lowest BCUT2D eigenvalue weighted by Crippen LogP contribution is -2.40. The highest BCUT2D eigenvalue weighted by Gasteiger charge is 2.41. The van der Waals surface area contributed by atoms with Gasteiger partial charge in [-0.2, -0.15) is 11.8 Å². The highest BCUT2D eigenvalue weighted by Crippen LogP contribution is 2.43. The number of rotatable bonds is 5. The molecule has 23 heavy (non-hydrogen) atoms. The van der Waals surface area contributed by atoms with E-state index in [4.69, 9.17) is 4.42 Å². The number of aromatic hydroxyl groups is 1. The third kappa shape index (κ3) is 4.29. The van der Waals surface area contributed by atoms with E-state index in [2.05, 4.69) is 5.32 Å². The zero-order chi connectivity index (χ0) is 17.0. The fourth-order valence-corrected chi connectivity index (χ4v) is 4.11. The van der Waals surface area contributed by atoms with Crippen LogP contribution in [0.25, 0.3) is 0 Å². The molecular weight excluding hydrogens is 318 g/mol. The second-order valence-corrected chi connectivity index (χ2v) is 7.35. The maximum Gasteiger partial charge on any atom is 0.227 e. The van der Waals surface area contributed by atoms with Gasteiger partial charge < -0.3 is 19.9 Å². The molecule has 0 aromatic carbocycles. The summed E-state index contributed by atoms with van der Waals surface area (Å²) < 4.78 is 5.67. The van der Waals surface area contributed by atoms with Crippen LogP contribution in [0.15, 0.2) is 15.3 Å². The van der Waals surface area contributed by atoms with E-state index in [-0.39, 0.29) is 24.6 Å². The minimum atomic E-state index is -0.677. The van der Waals surface area contributed by atoms with E-state index in [9.17, 15) is 19.8 Å². The van der Waals surface area contributed by atoms with Gasteiger partial charge in [-0.3, -0.25) is 9.59 Å². The van der Waals surface area contributed by atoms with Crippen LogP contribution in [-0.4, -0.2) is 40.3 Å². The molecule has 128 valence electrons. The van der Waals surface area contributed by atoms with E-state index in [1.54, 1.807) is 25.6 Å². The van der Waals surface area contributed by atoms with Gasteiger partial charge in [0.2, 0.25) is 17.1 Å². The van der Waals surface area contributed by atoms with Crippen molar-refractivity contribution in [1.29, 1.82) is 0 Å². The van der Waals surface area contributed by atoms with Crippen LogP contribution in [0.5, 0.6) is 5.75 Å². The normalized spacial score (nSPS) is 18.4. The first-order valence-electron chi connectivity index (χ1n) is 7.71. The summed E-state index contributed by atoms with van der Waals surface area (Å²) >= 11 is 1.78. The van der Waals surface area contributed by atoms with Gasteiger partial charge in [-0.05, 0) is 38.2 Å². The highest BCUT2D eigenvalue weighted by atomic mass is 32.2. The SMILES string of the molecule is Cc1cc(=O)c(O)c(C2(CC(=O)NC[C@@H](C)O)CCSCC2)o1. The molecule has 0 bridgehead atoms. The maximum absolute atomic E-state index is 12.2. The Morgan fingerprint density at radius 1 is 1.48 bits per heavy atom. The Labute approximate surface area is 139 Å². The molecule has 1 fully saturated rings. The monoisotopic (exact) mass is 341 g/mol. The molecule has 0 saturated carbocycles. The van der Waals surface area contributed by atoms with Gasteiger partial charge in [-0.1, -0.05) is 0 Å². The first kappa shape index (κ1) is 17.9. The smallest absolute Gasteiger partial charge is 0.227 e. The van der Waals surface area contributed by atoms with Crippen molar-refractivity contribution in [1.82, 2.24) is 5.32 Å². The van der Waals surface area contributed by atoms with Gasteiger partial charge in [0.15, 0.2) is 5.76 Å². The number of aliphatic hydroxyl groups excluding tert-OH is 1. The van der Waals surface area contributed by atoms with Gasteiger partial charge in [-0.25, -0.2) is 0 Å². The van der Waals surface area contributed by atoms with E-state index in [1.807, 2.05) is 0 Å². The molecule has 2 heterocycles. The molecule has 0 aliphatic carbocycles. The predicted octanol–water partition coefficient (Wildman–Crippen LogP) is 1.31. The fourth-order valence-electron chi connectivity index (χ4n) is 2.84. The van der Waals surface area contributed by atoms with Crippen LogP contribution in [0.4, 0.5) is 0 Å². The van der Waals surface area contributed by atoms with Crippen LogP contribution in [0.3, 0.4) is 0 Å². The van der Waals surface area contributed by atoms with Crippen molar-refractivity contribution in [2.45, 2.75) is 44.6 Å². The fraction of sp³-hybridized carbons (Fsp3) is 0.625. The van der Waals surface area contributed by atoms with E-state index in [0.29, 0.717) is 18.6 Å². The van der Waals surface area contributed by atoms with Gasteiger partial charge in [0, 0.05) is 24.4 Å². The minimum Gasteiger partial charge on any atom is -0.502 e. The molecule has 1 aliphatic heterocycles. The Balaban J connectivity index is 2.33. The first-order chi connectivity index (χ1) is 10.8. The average Bonchev–Trinajstić information content (AvgIpc) is 2.49. The molecule has 1 saturated heterocycles. The molecule has 3 N–H and O–H groups in total. The number of carbonyl (C=O) groups is 1. The number of aryl methyl sites for hydroxylation is 1. The van der Waals surface area contributed by atoms with Crippen molar-refractivity contribution in [2.24, 2.45) is 0 Å². The molecule has 1 aromatic heterocycles. The van der Waals surface area contributed by atoms with E-state index in [0.717, 1.165) is 11.5 Å². The van der Waals surface area contributed by atoms with Crippen molar-refractivity contribution in [3.05, 3.63) is 27.8 Å². The molecule has 0 radical (unpaired) electrons. The first-order valence-corrected chi connectivity index (χ1v) is 8.86. The molecule has 1 atom stereocenters. The van der Waals surface area contributed by atoms with Crippen molar-refractivity contribution >= 4 is 17.7 Å². The van der Waals surface area contributed by atoms with Gasteiger partial charge >= 0.3 is 0 Å². The summed E-state index contributed by atoms with van der Waals surface area (Å²) in [6.45, 7) is 3.43. The Morgan fingerprint density at radius 2 is 2.13 bits per heavy atom. The average molecular weight is 341 g/mol. The van der Waals surface area contributed by atoms with Gasteiger partial charge in [0.1, 0.15) is 5.76 Å². The molecule has 0 unspecified atom stereocenters. The number of thioether (sulfide) groups is 1. The second-order valence-electron chi connectivity index (χ2n) is 6.12. The molecule has 1 aliphatic rings. The summed E-state index contributed by atoms with van der Waals surface area (Å²) in [6, 6.07) is 1.25. The summed E-state index contributed by atoms with van der Waals surface area (Å²) in [5.41, 5.74) is -1.16. The summed E-state index contributed by atoms with van der Waals surface area (Å²) in [5.74, 6) is 1.69. The largest absolute Gasteiger partial charge is 0.502 e. The number of hydrogen-bond donors (Lipinski definition) is 3. The van der Waals surface area contributed by atoms with Crippen LogP contribution in [0, 0.1) is 6.92 Å². The van der Waals surface area contributed by atoms with E-state index < -0.39 is 22.7 Å². The quantitative estimate of drug-likeness (QED) is 0.747. The lowest BCUT2D eigenvalue weighted by molar-refractivity contribution is -0.123. The molecule has 1 aromatic rings. The summed E-state index contributed by atoms with van der Waals surface area (Å²) in [4.78, 5) is 24.1. The number of hydrogen-bond acceptors (Lipinski definition) is 6. The minimum absolute atomic E-state index is 0.125. The third-order valence-electron chi connectivity index (χ3n) is 4.07. The standard InChI is InChI=1S/C16H23NO5S/c1-10(18)9-17-13(20)8-16(3-5-23-6-4-16)15-14(21)12(19)7-11(2)22-15/h7,10,18,21H,3-6,8-9H2,1-2H3,(H,17,20)/t10-/m1/s1. The van der Waals surface area contributed by atoms with Crippen LogP contribution in [-0.2, 0) is 10.2 Å². The molecule has 6 nitrogen and oxygen atoms in total. The Bertz CT molecular complexity index is 619. The van der Waals surface area contributed by atoms with Gasteiger partial charge in [0.25, 0.3) is 0 Å². The number of carbonyl (C=O) groups excluding carboxylic acids is 1. The molecule has 1 amide bonds. The predicted molar refractivity (Wildman–Crippen MR) is 88.9 cm³/mol. The van der Waals surface area contributed by atoms with Crippen LogP contribution in [0.2, 0.25) is 0 Å². The zero-order valence-electron chi connectivity index (χ0n) is 13.4. The summed E-state index contributed by atoms with van der Waals surface area (Å²) in [5, 5.41) is 22.1. The van der Waals surface area contributed by atoms with Crippen molar-refractivity contribution < 1.29 is 19.4 Å². The van der Waals surface area contributed by atoms with Crippen molar-refractivity contribution in [3.63, 3.8) is 0 Å².